The van der Waals surface area contributed by atoms with E-state index in [2.05, 4.69) is 11.6 Å². The minimum atomic E-state index is 0.0328. The van der Waals surface area contributed by atoms with Gasteiger partial charge in [0.2, 0.25) is 0 Å². The lowest BCUT2D eigenvalue weighted by Crippen LogP contribution is -2.07. The van der Waals surface area contributed by atoms with E-state index in [4.69, 9.17) is 4.98 Å². The van der Waals surface area contributed by atoms with Gasteiger partial charge in [-0.15, -0.1) is 0 Å². The van der Waals surface area contributed by atoms with E-state index in [0.717, 1.165) is 16.6 Å². The van der Waals surface area contributed by atoms with Crippen LogP contribution in [0.1, 0.15) is 61.6 Å². The number of Topliss-reactive ketones (excluding diaryl/α,β-unsaturated/α-hetero) is 1. The Kier molecular flexibility index (Phi) is 3.36. The number of hydrogen-bond acceptors (Lipinski definition) is 2. The summed E-state index contributed by atoms with van der Waals surface area (Å²) < 4.78 is 2.20. The van der Waals surface area contributed by atoms with E-state index in [9.17, 15) is 4.79 Å². The minimum Gasteiger partial charge on any atom is -0.331 e. The number of benzene rings is 1. The summed E-state index contributed by atoms with van der Waals surface area (Å²) in [5.41, 5.74) is 2.87. The van der Waals surface area contributed by atoms with Crippen molar-refractivity contribution in [3.63, 3.8) is 0 Å². The van der Waals surface area contributed by atoms with Crippen molar-refractivity contribution in [1.82, 2.24) is 9.55 Å². The Hall–Kier alpha value is -1.64. The first-order chi connectivity index (χ1) is 9.58. The zero-order valence-corrected chi connectivity index (χ0v) is 12.5. The molecule has 3 nitrogen and oxygen atoms in total. The molecule has 20 heavy (non-hydrogen) atoms. The van der Waals surface area contributed by atoms with Crippen molar-refractivity contribution in [2.45, 2.75) is 45.4 Å². The van der Waals surface area contributed by atoms with Crippen LogP contribution >= 0.6 is 0 Å². The van der Waals surface area contributed by atoms with E-state index in [1.54, 1.807) is 0 Å². The van der Waals surface area contributed by atoms with Gasteiger partial charge in [0.1, 0.15) is 5.82 Å². The highest BCUT2D eigenvalue weighted by Gasteiger charge is 2.22. The third-order valence-corrected chi connectivity index (χ3v) is 4.44. The summed E-state index contributed by atoms with van der Waals surface area (Å²) in [6, 6.07) is 5.93. The largest absolute Gasteiger partial charge is 0.331 e. The molecule has 1 heterocycles. The lowest BCUT2D eigenvalue weighted by Gasteiger charge is -2.08. The Labute approximate surface area is 120 Å². The summed E-state index contributed by atoms with van der Waals surface area (Å²) in [4.78, 5) is 16.9. The summed E-state index contributed by atoms with van der Waals surface area (Å²) in [6.45, 7) is 3.88. The van der Waals surface area contributed by atoms with E-state index in [1.807, 2.05) is 32.0 Å². The lowest BCUT2D eigenvalue weighted by atomic mass is 10.0. The average molecular weight is 270 g/mol. The van der Waals surface area contributed by atoms with Gasteiger partial charge in [-0.05, 0) is 31.0 Å². The predicted octanol–water partition coefficient (Wildman–Crippen LogP) is 4.07. The van der Waals surface area contributed by atoms with Crippen molar-refractivity contribution >= 4 is 16.8 Å². The second-order valence-corrected chi connectivity index (χ2v) is 6.23. The maximum atomic E-state index is 12.1. The smallest absolute Gasteiger partial charge is 0.165 e. The number of ketones is 1. The maximum absolute atomic E-state index is 12.1. The van der Waals surface area contributed by atoms with E-state index < -0.39 is 0 Å². The molecule has 0 spiro atoms. The molecule has 0 saturated heterocycles. The van der Waals surface area contributed by atoms with Crippen molar-refractivity contribution in [1.29, 1.82) is 0 Å². The van der Waals surface area contributed by atoms with Gasteiger partial charge in [-0.2, -0.15) is 0 Å². The number of fused-ring (bicyclic) bond motifs is 1. The van der Waals surface area contributed by atoms with Gasteiger partial charge in [-0.1, -0.05) is 26.7 Å². The van der Waals surface area contributed by atoms with E-state index in [0.29, 0.717) is 5.92 Å². The van der Waals surface area contributed by atoms with E-state index in [-0.39, 0.29) is 11.7 Å². The Morgan fingerprint density at radius 2 is 2.00 bits per heavy atom. The van der Waals surface area contributed by atoms with E-state index >= 15 is 0 Å². The third-order valence-electron chi connectivity index (χ3n) is 4.44. The first-order valence-corrected chi connectivity index (χ1v) is 7.58. The van der Waals surface area contributed by atoms with Gasteiger partial charge in [0.15, 0.2) is 5.78 Å². The fourth-order valence-corrected chi connectivity index (χ4v) is 3.25. The van der Waals surface area contributed by atoms with Crippen LogP contribution in [0, 0.1) is 5.92 Å². The zero-order valence-electron chi connectivity index (χ0n) is 12.5. The summed E-state index contributed by atoms with van der Waals surface area (Å²) in [7, 11) is 2.09. The van der Waals surface area contributed by atoms with Crippen LogP contribution in [0.2, 0.25) is 0 Å². The highest BCUT2D eigenvalue weighted by Crippen LogP contribution is 2.34. The number of aryl methyl sites for hydroxylation is 1. The molecule has 3 heteroatoms. The molecule has 0 bridgehead atoms. The van der Waals surface area contributed by atoms with Gasteiger partial charge in [0.25, 0.3) is 0 Å². The van der Waals surface area contributed by atoms with Crippen molar-refractivity contribution in [2.75, 3.05) is 0 Å². The van der Waals surface area contributed by atoms with Crippen LogP contribution in [0.15, 0.2) is 18.2 Å². The summed E-state index contributed by atoms with van der Waals surface area (Å²) in [6.07, 6.45) is 5.11. The summed E-state index contributed by atoms with van der Waals surface area (Å²) in [5, 5.41) is 0. The number of carbonyl (C=O) groups is 1. The molecule has 1 aromatic carbocycles. The molecule has 1 aliphatic carbocycles. The predicted molar refractivity (Wildman–Crippen MR) is 81.1 cm³/mol. The van der Waals surface area contributed by atoms with Gasteiger partial charge < -0.3 is 4.57 Å². The molecule has 1 aliphatic rings. The van der Waals surface area contributed by atoms with Crippen molar-refractivity contribution in [3.8, 4) is 0 Å². The van der Waals surface area contributed by atoms with Crippen LogP contribution in [-0.2, 0) is 7.05 Å². The van der Waals surface area contributed by atoms with Crippen LogP contribution < -0.4 is 0 Å². The average Bonchev–Trinajstić information content (AvgIpc) is 3.05. The first-order valence-electron chi connectivity index (χ1n) is 7.58. The molecule has 2 aromatic rings. The molecule has 106 valence electrons. The molecule has 3 rings (SSSR count). The molecule has 0 aliphatic heterocycles. The summed E-state index contributed by atoms with van der Waals surface area (Å²) >= 11 is 0. The standard InChI is InChI=1S/C17H22N2O/c1-11(2)16(20)13-8-9-15-14(10-13)18-17(19(15)3)12-6-4-5-7-12/h8-12H,4-7H2,1-3H3. The monoisotopic (exact) mass is 270 g/mol. The normalized spacial score (nSPS) is 16.4. The number of nitrogens with zero attached hydrogens (tertiary/aromatic N) is 2. The Morgan fingerprint density at radius 3 is 2.65 bits per heavy atom. The number of rotatable bonds is 3. The number of carbonyl (C=O) groups excluding carboxylic acids is 1. The molecule has 0 atom stereocenters. The number of imidazole rings is 1. The fraction of sp³-hybridized carbons (Fsp3) is 0.529. The third kappa shape index (κ3) is 2.15. The Balaban J connectivity index is 2.04. The zero-order chi connectivity index (χ0) is 14.3. The van der Waals surface area contributed by atoms with Gasteiger partial charge in [-0.3, -0.25) is 4.79 Å². The number of hydrogen-bond donors (Lipinski definition) is 0. The van der Waals surface area contributed by atoms with Gasteiger partial charge >= 0.3 is 0 Å². The number of aromatic nitrogens is 2. The minimum absolute atomic E-state index is 0.0328. The highest BCUT2D eigenvalue weighted by atomic mass is 16.1. The highest BCUT2D eigenvalue weighted by molar-refractivity contribution is 6.00. The van der Waals surface area contributed by atoms with Crippen molar-refractivity contribution in [2.24, 2.45) is 13.0 Å². The van der Waals surface area contributed by atoms with Gasteiger partial charge in [0, 0.05) is 24.4 Å². The molecule has 1 aromatic heterocycles. The molecular weight excluding hydrogens is 248 g/mol. The topological polar surface area (TPSA) is 34.9 Å². The van der Waals surface area contributed by atoms with Gasteiger partial charge in [0.05, 0.1) is 11.0 Å². The molecular formula is C17H22N2O. The van der Waals surface area contributed by atoms with Crippen LogP contribution in [0.4, 0.5) is 0 Å². The lowest BCUT2D eigenvalue weighted by molar-refractivity contribution is 0.0939. The van der Waals surface area contributed by atoms with Crippen LogP contribution in [0.25, 0.3) is 11.0 Å². The molecule has 0 unspecified atom stereocenters. The molecule has 0 amide bonds. The second-order valence-electron chi connectivity index (χ2n) is 6.23. The van der Waals surface area contributed by atoms with Crippen molar-refractivity contribution in [3.05, 3.63) is 29.6 Å². The molecule has 1 saturated carbocycles. The fourth-order valence-electron chi connectivity index (χ4n) is 3.25. The van der Waals surface area contributed by atoms with Crippen molar-refractivity contribution < 1.29 is 4.79 Å². The molecule has 1 fully saturated rings. The van der Waals surface area contributed by atoms with Crippen LogP contribution in [0.3, 0.4) is 0 Å². The Bertz CT molecular complexity index is 648. The maximum Gasteiger partial charge on any atom is 0.165 e. The SMILES string of the molecule is CC(C)C(=O)c1ccc2c(c1)nc(C1CCCC1)n2C. The van der Waals surface area contributed by atoms with Crippen LogP contribution in [-0.4, -0.2) is 15.3 Å². The second kappa shape index (κ2) is 5.04. The molecule has 0 radical (unpaired) electrons. The van der Waals surface area contributed by atoms with Gasteiger partial charge in [-0.25, -0.2) is 4.98 Å². The quantitative estimate of drug-likeness (QED) is 0.788. The van der Waals surface area contributed by atoms with Crippen LogP contribution in [0.5, 0.6) is 0 Å². The van der Waals surface area contributed by atoms with E-state index in [1.165, 1.54) is 31.5 Å². The molecule has 0 N–H and O–H groups in total. The summed E-state index contributed by atoms with van der Waals surface area (Å²) in [5.74, 6) is 2.01. The Morgan fingerprint density at radius 1 is 1.30 bits per heavy atom. The first kappa shape index (κ1) is 13.3.